The van der Waals surface area contributed by atoms with Crippen molar-refractivity contribution >= 4 is 5.91 Å². The summed E-state index contributed by atoms with van der Waals surface area (Å²) in [6, 6.07) is -0.903. The second-order valence-electron chi connectivity index (χ2n) is 16.2. The number of carbonyl (C=O) groups is 1. The first-order chi connectivity index (χ1) is 27.6. The minimum Gasteiger partial charge on any atom is -0.394 e. The van der Waals surface area contributed by atoms with Crippen LogP contribution in [0.1, 0.15) is 162 Å². The van der Waals surface area contributed by atoms with Gasteiger partial charge in [-0.3, -0.25) is 4.79 Å². The van der Waals surface area contributed by atoms with E-state index >= 15 is 0 Å². The number of nitrogens with one attached hydrogen (secondary N) is 1. The fourth-order valence-electron chi connectivity index (χ4n) is 7.47. The minimum atomic E-state index is -1.78. The Hall–Kier alpha value is -1.27. The van der Waals surface area contributed by atoms with E-state index in [0.717, 1.165) is 32.1 Å². The molecule has 14 nitrogen and oxygen atoms in total. The van der Waals surface area contributed by atoms with Crippen molar-refractivity contribution in [3.05, 3.63) is 12.2 Å². The van der Waals surface area contributed by atoms with E-state index in [1.54, 1.807) is 6.08 Å². The van der Waals surface area contributed by atoms with Crippen LogP contribution >= 0.6 is 0 Å². The van der Waals surface area contributed by atoms with Crippen molar-refractivity contribution in [2.45, 2.75) is 235 Å². The molecule has 336 valence electrons. The van der Waals surface area contributed by atoms with E-state index in [-0.39, 0.29) is 18.9 Å². The third-order valence-electron chi connectivity index (χ3n) is 11.2. The molecule has 12 atom stereocenters. The molecule has 2 aliphatic heterocycles. The number of carbonyl (C=O) groups excluding carboxylic acids is 1. The molecule has 0 aromatic carbocycles. The second kappa shape index (κ2) is 31.6. The molecule has 0 aromatic rings. The maximum atomic E-state index is 12.7. The molecule has 1 amide bonds. The minimum absolute atomic E-state index is 0.264. The van der Waals surface area contributed by atoms with Gasteiger partial charge in [0, 0.05) is 6.42 Å². The average Bonchev–Trinajstić information content (AvgIpc) is 3.20. The van der Waals surface area contributed by atoms with E-state index in [9.17, 15) is 45.6 Å². The van der Waals surface area contributed by atoms with Gasteiger partial charge in [0.15, 0.2) is 12.6 Å². The Kier molecular flexibility index (Phi) is 28.7. The van der Waals surface area contributed by atoms with Crippen LogP contribution in [0.5, 0.6) is 0 Å². The number of aliphatic hydroxyl groups is 8. The molecule has 2 saturated heterocycles. The van der Waals surface area contributed by atoms with Crippen LogP contribution < -0.4 is 5.32 Å². The highest BCUT2D eigenvalue weighted by Gasteiger charge is 2.50. The highest BCUT2D eigenvalue weighted by molar-refractivity contribution is 5.76. The summed E-state index contributed by atoms with van der Waals surface area (Å²) >= 11 is 0. The normalized spacial score (nSPS) is 29.2. The molecule has 0 saturated carbocycles. The SMILES string of the molecule is CCCCCCCCCCCCCCCCCCCC/C=C/C(O)C(COC1OC(CO)C(OC2OC(CO)C(O)C(O)C2O)C(O)C1O)NC(=O)CCCCC. The summed E-state index contributed by atoms with van der Waals surface area (Å²) in [5.41, 5.74) is 0. The lowest BCUT2D eigenvalue weighted by atomic mass is 9.97. The maximum absolute atomic E-state index is 12.7. The lowest BCUT2D eigenvalue weighted by molar-refractivity contribution is -0.359. The van der Waals surface area contributed by atoms with Crippen LogP contribution in [0.3, 0.4) is 0 Å². The third kappa shape index (κ3) is 20.2. The molecule has 9 N–H and O–H groups in total. The van der Waals surface area contributed by atoms with Gasteiger partial charge in [0.1, 0.15) is 48.8 Å². The molecule has 12 unspecified atom stereocenters. The lowest BCUT2D eigenvalue weighted by Gasteiger charge is -2.46. The number of unbranched alkanes of at least 4 members (excludes halogenated alkanes) is 20. The van der Waals surface area contributed by atoms with Crippen molar-refractivity contribution in [1.82, 2.24) is 5.32 Å². The molecule has 14 heteroatoms. The van der Waals surface area contributed by atoms with Gasteiger partial charge in [0.2, 0.25) is 5.91 Å². The van der Waals surface area contributed by atoms with E-state index in [4.69, 9.17) is 18.9 Å². The van der Waals surface area contributed by atoms with E-state index in [0.29, 0.717) is 6.42 Å². The molecule has 0 radical (unpaired) electrons. The van der Waals surface area contributed by atoms with Crippen molar-refractivity contribution in [2.75, 3.05) is 19.8 Å². The molecule has 57 heavy (non-hydrogen) atoms. The molecule has 0 aliphatic carbocycles. The summed E-state index contributed by atoms with van der Waals surface area (Å²) in [4.78, 5) is 12.7. The first-order valence-corrected chi connectivity index (χ1v) is 22.4. The zero-order valence-electron chi connectivity index (χ0n) is 35.1. The number of allylic oxidation sites excluding steroid dienone is 1. The maximum Gasteiger partial charge on any atom is 0.220 e. The summed E-state index contributed by atoms with van der Waals surface area (Å²) in [5.74, 6) is -0.264. The van der Waals surface area contributed by atoms with Crippen molar-refractivity contribution < 1.29 is 64.6 Å². The second-order valence-corrected chi connectivity index (χ2v) is 16.2. The number of amides is 1. The Morgan fingerprint density at radius 2 is 1.09 bits per heavy atom. The number of aliphatic hydroxyl groups excluding tert-OH is 8. The van der Waals surface area contributed by atoms with E-state index < -0.39 is 86.8 Å². The van der Waals surface area contributed by atoms with Gasteiger partial charge in [-0.25, -0.2) is 0 Å². The highest BCUT2D eigenvalue weighted by atomic mass is 16.7. The Morgan fingerprint density at radius 1 is 0.614 bits per heavy atom. The Morgan fingerprint density at radius 3 is 1.61 bits per heavy atom. The average molecular weight is 820 g/mol. The summed E-state index contributed by atoms with van der Waals surface area (Å²) < 4.78 is 22.5. The predicted molar refractivity (Wildman–Crippen MR) is 217 cm³/mol. The Bertz CT molecular complexity index is 1020. The van der Waals surface area contributed by atoms with Crippen LogP contribution in [-0.4, -0.2) is 140 Å². The van der Waals surface area contributed by atoms with E-state index in [1.807, 2.05) is 13.0 Å². The lowest BCUT2D eigenvalue weighted by Crippen LogP contribution is -2.65. The zero-order chi connectivity index (χ0) is 41.8. The van der Waals surface area contributed by atoms with Gasteiger partial charge >= 0.3 is 0 Å². The van der Waals surface area contributed by atoms with Crippen molar-refractivity contribution in [2.24, 2.45) is 0 Å². The first kappa shape index (κ1) is 51.9. The first-order valence-electron chi connectivity index (χ1n) is 22.4. The Balaban J connectivity index is 1.75. The number of ether oxygens (including phenoxy) is 4. The van der Waals surface area contributed by atoms with Gasteiger partial charge in [-0.05, 0) is 19.3 Å². The monoisotopic (exact) mass is 820 g/mol. The molecule has 0 bridgehead atoms. The summed E-state index contributed by atoms with van der Waals surface area (Å²) in [6.07, 6.45) is 13.7. The number of hydrogen-bond acceptors (Lipinski definition) is 13. The Labute approximate surface area is 342 Å². The van der Waals surface area contributed by atoms with Gasteiger partial charge in [-0.15, -0.1) is 0 Å². The smallest absolute Gasteiger partial charge is 0.220 e. The van der Waals surface area contributed by atoms with Crippen LogP contribution in [0.4, 0.5) is 0 Å². The number of rotatable bonds is 33. The van der Waals surface area contributed by atoms with Gasteiger partial charge in [-0.2, -0.15) is 0 Å². The molecule has 0 spiro atoms. The summed E-state index contributed by atoms with van der Waals surface area (Å²) in [6.45, 7) is 2.59. The molecule has 2 aliphatic rings. The quantitative estimate of drug-likeness (QED) is 0.0337. The highest BCUT2D eigenvalue weighted by Crippen LogP contribution is 2.30. The summed E-state index contributed by atoms with van der Waals surface area (Å²) in [7, 11) is 0. The van der Waals surface area contributed by atoms with Crippen LogP contribution in [-0.2, 0) is 23.7 Å². The van der Waals surface area contributed by atoms with E-state index in [1.165, 1.54) is 103 Å². The fourth-order valence-corrected chi connectivity index (χ4v) is 7.47. The largest absolute Gasteiger partial charge is 0.394 e. The van der Waals surface area contributed by atoms with Crippen molar-refractivity contribution in [1.29, 1.82) is 0 Å². The van der Waals surface area contributed by atoms with Gasteiger partial charge in [-0.1, -0.05) is 148 Å². The van der Waals surface area contributed by atoms with Gasteiger partial charge < -0.3 is 65.1 Å². The van der Waals surface area contributed by atoms with Crippen molar-refractivity contribution in [3.63, 3.8) is 0 Å². The molecule has 2 rings (SSSR count). The van der Waals surface area contributed by atoms with Crippen molar-refractivity contribution in [3.8, 4) is 0 Å². The predicted octanol–water partition coefficient (Wildman–Crippen LogP) is 4.04. The molecular weight excluding hydrogens is 738 g/mol. The number of hydrogen-bond donors (Lipinski definition) is 9. The molecule has 0 aromatic heterocycles. The topological polar surface area (TPSA) is 228 Å². The van der Waals surface area contributed by atoms with Gasteiger partial charge in [0.25, 0.3) is 0 Å². The summed E-state index contributed by atoms with van der Waals surface area (Å²) in [5, 5.41) is 85.9. The molecular formula is C43H81NO13. The van der Waals surface area contributed by atoms with Crippen LogP contribution in [0.2, 0.25) is 0 Å². The van der Waals surface area contributed by atoms with Gasteiger partial charge in [0.05, 0.1) is 32.0 Å². The van der Waals surface area contributed by atoms with Crippen LogP contribution in [0.25, 0.3) is 0 Å². The third-order valence-corrected chi connectivity index (χ3v) is 11.2. The van der Waals surface area contributed by atoms with Crippen LogP contribution in [0.15, 0.2) is 12.2 Å². The van der Waals surface area contributed by atoms with Crippen LogP contribution in [0, 0.1) is 0 Å². The standard InChI is InChI=1S/C43H81NO13/c1-3-5-7-8-9-10-11-12-13-14-15-16-17-18-19-20-21-22-23-25-26-32(47)31(44-35(48)27-24-6-4-2)30-54-42-40(53)38(51)41(34(29-46)56-42)57-43-39(52)37(50)36(49)33(28-45)55-43/h25-26,31-34,36-43,45-47,49-53H,3-24,27-30H2,1-2H3,(H,44,48)/b26-25+. The zero-order valence-corrected chi connectivity index (χ0v) is 35.1. The van der Waals surface area contributed by atoms with E-state index in [2.05, 4.69) is 12.2 Å². The molecule has 2 heterocycles. The fraction of sp³-hybridized carbons (Fsp3) is 0.930. The molecule has 2 fully saturated rings.